The number of carbonyl (C=O) groups excluding carboxylic acids is 1. The lowest BCUT2D eigenvalue weighted by molar-refractivity contribution is -0.116. The molecule has 1 atom stereocenters. The number of carbonyl (C=O) groups is 1. The summed E-state index contributed by atoms with van der Waals surface area (Å²) in [5, 5.41) is 15.9. The SMILES string of the molecule is CCCNCC(O)COc1cccc2c1CCCC(=O)N2. The maximum absolute atomic E-state index is 11.6. The highest BCUT2D eigenvalue weighted by molar-refractivity contribution is 5.92. The molecule has 1 aromatic rings. The smallest absolute Gasteiger partial charge is 0.224 e. The summed E-state index contributed by atoms with van der Waals surface area (Å²) in [5.74, 6) is 0.805. The van der Waals surface area contributed by atoms with E-state index in [-0.39, 0.29) is 12.5 Å². The summed E-state index contributed by atoms with van der Waals surface area (Å²) in [6.07, 6.45) is 2.68. The van der Waals surface area contributed by atoms with Gasteiger partial charge in [0.15, 0.2) is 0 Å². The zero-order chi connectivity index (χ0) is 15.1. The Kier molecular flexibility index (Phi) is 6.02. The van der Waals surface area contributed by atoms with Gasteiger partial charge in [0.1, 0.15) is 18.5 Å². The Morgan fingerprint density at radius 1 is 1.43 bits per heavy atom. The first-order valence-corrected chi connectivity index (χ1v) is 7.64. The molecule has 0 aliphatic carbocycles. The van der Waals surface area contributed by atoms with Crippen molar-refractivity contribution in [3.8, 4) is 5.75 Å². The fourth-order valence-corrected chi connectivity index (χ4v) is 2.40. The zero-order valence-electron chi connectivity index (χ0n) is 12.5. The standard InChI is InChI=1S/C16H24N2O3/c1-2-9-17-10-12(19)11-21-15-7-4-6-14-13(15)5-3-8-16(20)18-14/h4,6-7,12,17,19H,2-3,5,8-11H2,1H3,(H,18,20). The van der Waals surface area contributed by atoms with E-state index in [1.165, 1.54) is 0 Å². The van der Waals surface area contributed by atoms with Crippen molar-refractivity contribution in [1.82, 2.24) is 5.32 Å². The molecular weight excluding hydrogens is 268 g/mol. The van der Waals surface area contributed by atoms with Crippen LogP contribution in [0, 0.1) is 0 Å². The van der Waals surface area contributed by atoms with Crippen molar-refractivity contribution in [2.45, 2.75) is 38.7 Å². The molecule has 3 N–H and O–H groups in total. The molecule has 1 unspecified atom stereocenters. The third-order valence-corrected chi connectivity index (χ3v) is 3.48. The summed E-state index contributed by atoms with van der Waals surface area (Å²) in [5.41, 5.74) is 1.85. The van der Waals surface area contributed by atoms with E-state index in [9.17, 15) is 9.90 Å². The molecule has 0 bridgehead atoms. The minimum Gasteiger partial charge on any atom is -0.490 e. The third-order valence-electron chi connectivity index (χ3n) is 3.48. The molecule has 5 heteroatoms. The highest BCUT2D eigenvalue weighted by atomic mass is 16.5. The van der Waals surface area contributed by atoms with Crippen molar-refractivity contribution in [1.29, 1.82) is 0 Å². The Bertz CT molecular complexity index is 477. The van der Waals surface area contributed by atoms with Gasteiger partial charge in [-0.2, -0.15) is 0 Å². The molecular formula is C16H24N2O3. The Labute approximate surface area is 125 Å². The van der Waals surface area contributed by atoms with Gasteiger partial charge in [-0.15, -0.1) is 0 Å². The van der Waals surface area contributed by atoms with Gasteiger partial charge in [0.05, 0.1) is 0 Å². The molecule has 21 heavy (non-hydrogen) atoms. The molecule has 116 valence electrons. The van der Waals surface area contributed by atoms with Gasteiger partial charge in [0.2, 0.25) is 5.91 Å². The van der Waals surface area contributed by atoms with Crippen LogP contribution >= 0.6 is 0 Å². The largest absolute Gasteiger partial charge is 0.490 e. The highest BCUT2D eigenvalue weighted by Gasteiger charge is 2.17. The van der Waals surface area contributed by atoms with E-state index in [4.69, 9.17) is 4.74 Å². The van der Waals surface area contributed by atoms with Crippen LogP contribution in [-0.2, 0) is 11.2 Å². The predicted molar refractivity (Wildman–Crippen MR) is 82.7 cm³/mol. The molecule has 0 saturated carbocycles. The Balaban J connectivity index is 1.94. The number of aliphatic hydroxyl groups excluding tert-OH is 1. The number of nitrogens with one attached hydrogen (secondary N) is 2. The lowest BCUT2D eigenvalue weighted by atomic mass is 10.1. The second-order valence-electron chi connectivity index (χ2n) is 5.35. The van der Waals surface area contributed by atoms with Gasteiger partial charge in [-0.25, -0.2) is 0 Å². The van der Waals surface area contributed by atoms with Gasteiger partial charge in [0, 0.05) is 24.2 Å². The molecule has 1 amide bonds. The molecule has 0 saturated heterocycles. The van der Waals surface area contributed by atoms with E-state index in [2.05, 4.69) is 17.6 Å². The van der Waals surface area contributed by atoms with E-state index in [0.29, 0.717) is 13.0 Å². The lowest BCUT2D eigenvalue weighted by Crippen LogP contribution is -2.31. The average Bonchev–Trinajstić information content (AvgIpc) is 2.66. The number of anilines is 1. The van der Waals surface area contributed by atoms with E-state index in [0.717, 1.165) is 42.8 Å². The zero-order valence-corrected chi connectivity index (χ0v) is 12.5. The van der Waals surface area contributed by atoms with E-state index >= 15 is 0 Å². The number of benzene rings is 1. The number of hydrogen-bond donors (Lipinski definition) is 3. The van der Waals surface area contributed by atoms with Crippen molar-refractivity contribution in [2.24, 2.45) is 0 Å². The van der Waals surface area contributed by atoms with Gasteiger partial charge < -0.3 is 20.5 Å². The van der Waals surface area contributed by atoms with Crippen LogP contribution in [0.3, 0.4) is 0 Å². The molecule has 0 spiro atoms. The number of rotatable bonds is 7. The second-order valence-corrected chi connectivity index (χ2v) is 5.35. The van der Waals surface area contributed by atoms with Crippen molar-refractivity contribution in [3.05, 3.63) is 23.8 Å². The molecule has 1 aromatic carbocycles. The number of ether oxygens (including phenoxy) is 1. The fraction of sp³-hybridized carbons (Fsp3) is 0.562. The first-order chi connectivity index (χ1) is 10.2. The third kappa shape index (κ3) is 4.72. The molecule has 1 aliphatic heterocycles. The van der Waals surface area contributed by atoms with Crippen LogP contribution in [-0.4, -0.2) is 36.8 Å². The van der Waals surface area contributed by atoms with Crippen molar-refractivity contribution in [2.75, 3.05) is 25.0 Å². The van der Waals surface area contributed by atoms with Gasteiger partial charge in [0.25, 0.3) is 0 Å². The number of hydrogen-bond acceptors (Lipinski definition) is 4. The summed E-state index contributed by atoms with van der Waals surface area (Å²) in [4.78, 5) is 11.6. The van der Waals surface area contributed by atoms with E-state index in [1.54, 1.807) is 0 Å². The maximum atomic E-state index is 11.6. The predicted octanol–water partition coefficient (Wildman–Crippen LogP) is 1.70. The van der Waals surface area contributed by atoms with Crippen LogP contribution in [0.1, 0.15) is 31.7 Å². The van der Waals surface area contributed by atoms with Crippen LogP contribution in [0.25, 0.3) is 0 Å². The Hall–Kier alpha value is -1.59. The topological polar surface area (TPSA) is 70.6 Å². The van der Waals surface area contributed by atoms with Crippen molar-refractivity contribution in [3.63, 3.8) is 0 Å². The Morgan fingerprint density at radius 2 is 2.29 bits per heavy atom. The monoisotopic (exact) mass is 292 g/mol. The quantitative estimate of drug-likeness (QED) is 0.669. The second kappa shape index (κ2) is 8.00. The fourth-order valence-electron chi connectivity index (χ4n) is 2.40. The molecule has 5 nitrogen and oxygen atoms in total. The van der Waals surface area contributed by atoms with E-state index in [1.807, 2.05) is 18.2 Å². The molecule has 0 radical (unpaired) electrons. The summed E-state index contributed by atoms with van der Waals surface area (Å²) in [6, 6.07) is 5.65. The van der Waals surface area contributed by atoms with Crippen LogP contribution in [0.4, 0.5) is 5.69 Å². The average molecular weight is 292 g/mol. The molecule has 1 heterocycles. The first-order valence-electron chi connectivity index (χ1n) is 7.64. The maximum Gasteiger partial charge on any atom is 0.224 e. The van der Waals surface area contributed by atoms with E-state index < -0.39 is 6.10 Å². The first kappa shape index (κ1) is 15.8. The summed E-state index contributed by atoms with van der Waals surface area (Å²) in [7, 11) is 0. The number of amides is 1. The minimum atomic E-state index is -0.534. The van der Waals surface area contributed by atoms with Crippen LogP contribution in [0.15, 0.2) is 18.2 Å². The Morgan fingerprint density at radius 3 is 3.10 bits per heavy atom. The van der Waals surface area contributed by atoms with Crippen LogP contribution in [0.5, 0.6) is 5.75 Å². The summed E-state index contributed by atoms with van der Waals surface area (Å²) < 4.78 is 5.75. The van der Waals surface area contributed by atoms with Crippen molar-refractivity contribution < 1.29 is 14.6 Å². The molecule has 0 fully saturated rings. The molecule has 2 rings (SSSR count). The van der Waals surface area contributed by atoms with Crippen molar-refractivity contribution >= 4 is 11.6 Å². The van der Waals surface area contributed by atoms with Gasteiger partial charge in [-0.05, 0) is 37.9 Å². The van der Waals surface area contributed by atoms with Gasteiger partial charge in [-0.3, -0.25) is 4.79 Å². The van der Waals surface area contributed by atoms with Crippen LogP contribution < -0.4 is 15.4 Å². The summed E-state index contributed by atoms with van der Waals surface area (Å²) in [6.45, 7) is 3.76. The van der Waals surface area contributed by atoms with Gasteiger partial charge in [-0.1, -0.05) is 13.0 Å². The van der Waals surface area contributed by atoms with Crippen LogP contribution in [0.2, 0.25) is 0 Å². The molecule has 0 aromatic heterocycles. The van der Waals surface area contributed by atoms with Gasteiger partial charge >= 0.3 is 0 Å². The number of aliphatic hydroxyl groups is 1. The normalized spacial score (nSPS) is 15.8. The molecule has 1 aliphatic rings. The highest BCUT2D eigenvalue weighted by Crippen LogP contribution is 2.30. The number of fused-ring (bicyclic) bond motifs is 1. The minimum absolute atomic E-state index is 0.0506. The lowest BCUT2D eigenvalue weighted by Gasteiger charge is -2.16. The summed E-state index contributed by atoms with van der Waals surface area (Å²) >= 11 is 0.